The number of allylic oxidation sites excluding steroid dienone is 10. The molecule has 0 rings (SSSR count). The minimum Gasteiger partial charge on any atom is -0.457 e. The monoisotopic (exact) mass is 867 g/mol. The summed E-state index contributed by atoms with van der Waals surface area (Å²) < 4.78 is 32.6. The molecule has 0 saturated carbocycles. The second-order valence-corrected chi connectivity index (χ2v) is 17.2. The molecule has 0 aromatic heterocycles. The molecule has 0 aromatic carbocycles. The maximum absolute atomic E-state index is 12.4. The van der Waals surface area contributed by atoms with Crippen molar-refractivity contribution in [3.05, 3.63) is 60.8 Å². The van der Waals surface area contributed by atoms with Crippen LogP contribution in [0.1, 0.15) is 200 Å². The van der Waals surface area contributed by atoms with E-state index >= 15 is 0 Å². The van der Waals surface area contributed by atoms with Gasteiger partial charge in [-0.3, -0.25) is 18.6 Å². The van der Waals surface area contributed by atoms with Gasteiger partial charge in [-0.05, 0) is 77.0 Å². The number of aliphatic hydroxyl groups is 2. The van der Waals surface area contributed by atoms with Crippen molar-refractivity contribution in [2.45, 2.75) is 212 Å². The van der Waals surface area contributed by atoms with Gasteiger partial charge in [-0.1, -0.05) is 171 Å². The molecule has 0 aliphatic carbocycles. The Bertz CT molecular complexity index is 1180. The van der Waals surface area contributed by atoms with Gasteiger partial charge in [0.2, 0.25) is 0 Å². The molecule has 3 N–H and O–H groups in total. The fourth-order valence-electron chi connectivity index (χ4n) is 6.34. The number of carbonyl (C=O) groups is 2. The van der Waals surface area contributed by atoms with E-state index < -0.39 is 58.4 Å². The summed E-state index contributed by atoms with van der Waals surface area (Å²) in [6, 6.07) is 0. The van der Waals surface area contributed by atoms with Crippen molar-refractivity contribution in [1.29, 1.82) is 0 Å². The van der Waals surface area contributed by atoms with Crippen LogP contribution in [0.3, 0.4) is 0 Å². The summed E-state index contributed by atoms with van der Waals surface area (Å²) in [5.74, 6) is -1.04. The average Bonchev–Trinajstić information content (AvgIpc) is 3.24. The third-order valence-corrected chi connectivity index (χ3v) is 10.9. The van der Waals surface area contributed by atoms with Crippen LogP contribution in [0.4, 0.5) is 0 Å². The lowest BCUT2D eigenvalue weighted by Crippen LogP contribution is -2.28. The lowest BCUT2D eigenvalue weighted by atomic mass is 10.1. The summed E-state index contributed by atoms with van der Waals surface area (Å²) in [4.78, 5) is 34.6. The number of hydrogen-bond donors (Lipinski definition) is 3. The van der Waals surface area contributed by atoms with Crippen molar-refractivity contribution < 1.29 is 47.8 Å². The van der Waals surface area contributed by atoms with Crippen LogP contribution in [0.15, 0.2) is 60.8 Å². The maximum atomic E-state index is 12.4. The normalized spacial score (nSPS) is 14.3. The standard InChI is InChI=1S/C49H87O10P/c1-3-5-7-9-11-13-15-17-19-21-23-25-27-29-31-33-35-37-39-41-49(53)59-47(43-51)45-57-60(54,55)56-44-46(42-50)58-48(52)40-38-36-34-32-30-28-26-24-22-20-18-16-14-12-10-8-6-4-2/h5,7,11,13,17,19-20,22-23,25,46-47,50-51H,3-4,6,8-10,12,14-16,18,21,24,26-45H2,1-2H3,(H,54,55)/b7-5-,13-11-,19-17-,22-20-,25-23-. The first-order valence-electron chi connectivity index (χ1n) is 23.7. The summed E-state index contributed by atoms with van der Waals surface area (Å²) in [5, 5.41) is 19.2. The number of rotatable bonds is 44. The zero-order valence-electron chi connectivity index (χ0n) is 37.9. The van der Waals surface area contributed by atoms with E-state index in [0.29, 0.717) is 12.8 Å². The van der Waals surface area contributed by atoms with Gasteiger partial charge in [0.05, 0.1) is 26.4 Å². The highest BCUT2D eigenvalue weighted by Crippen LogP contribution is 2.43. The Kier molecular flexibility index (Phi) is 43.0. The van der Waals surface area contributed by atoms with E-state index in [-0.39, 0.29) is 12.8 Å². The molecule has 0 saturated heterocycles. The fraction of sp³-hybridized carbons (Fsp3) is 0.755. The predicted molar refractivity (Wildman–Crippen MR) is 247 cm³/mol. The zero-order valence-corrected chi connectivity index (χ0v) is 38.8. The molecule has 0 aromatic rings. The lowest BCUT2D eigenvalue weighted by molar-refractivity contribution is -0.153. The first-order valence-corrected chi connectivity index (χ1v) is 25.2. The molecule has 11 heteroatoms. The Labute approximate surface area is 366 Å². The van der Waals surface area contributed by atoms with Crippen molar-refractivity contribution in [2.24, 2.45) is 0 Å². The summed E-state index contributed by atoms with van der Waals surface area (Å²) in [6.07, 6.45) is 50.4. The van der Waals surface area contributed by atoms with E-state index in [2.05, 4.69) is 74.6 Å². The van der Waals surface area contributed by atoms with Gasteiger partial charge < -0.3 is 24.6 Å². The molecule has 0 heterocycles. The van der Waals surface area contributed by atoms with Crippen LogP contribution in [0, 0.1) is 0 Å². The summed E-state index contributed by atoms with van der Waals surface area (Å²) in [7, 11) is -4.65. The number of ether oxygens (including phenoxy) is 2. The number of phosphoric acid groups is 1. The van der Waals surface area contributed by atoms with Crippen LogP contribution in [0.25, 0.3) is 0 Å². The minimum absolute atomic E-state index is 0.173. The van der Waals surface area contributed by atoms with Crippen molar-refractivity contribution in [2.75, 3.05) is 26.4 Å². The highest BCUT2D eigenvalue weighted by Gasteiger charge is 2.27. The van der Waals surface area contributed by atoms with Crippen molar-refractivity contribution >= 4 is 19.8 Å². The van der Waals surface area contributed by atoms with Crippen molar-refractivity contribution in [1.82, 2.24) is 0 Å². The van der Waals surface area contributed by atoms with Gasteiger partial charge in [0.1, 0.15) is 12.2 Å². The summed E-state index contributed by atoms with van der Waals surface area (Å²) in [6.45, 7) is 2.08. The highest BCUT2D eigenvalue weighted by molar-refractivity contribution is 7.47. The largest absolute Gasteiger partial charge is 0.472 e. The van der Waals surface area contributed by atoms with Gasteiger partial charge >= 0.3 is 19.8 Å². The van der Waals surface area contributed by atoms with E-state index in [0.717, 1.165) is 89.9 Å². The predicted octanol–water partition coefficient (Wildman–Crippen LogP) is 13.1. The molecule has 0 aliphatic heterocycles. The molecule has 0 amide bonds. The molecular formula is C49H87O10P. The lowest BCUT2D eigenvalue weighted by Gasteiger charge is -2.20. The molecule has 3 atom stereocenters. The topological polar surface area (TPSA) is 149 Å². The molecular weight excluding hydrogens is 780 g/mol. The molecule has 3 unspecified atom stereocenters. The fourth-order valence-corrected chi connectivity index (χ4v) is 7.12. The smallest absolute Gasteiger partial charge is 0.457 e. The van der Waals surface area contributed by atoms with Gasteiger partial charge in [-0.25, -0.2) is 4.57 Å². The number of carbonyl (C=O) groups excluding carboxylic acids is 2. The minimum atomic E-state index is -4.65. The van der Waals surface area contributed by atoms with Crippen LogP contribution in [0.2, 0.25) is 0 Å². The molecule has 60 heavy (non-hydrogen) atoms. The second kappa shape index (κ2) is 44.7. The average molecular weight is 867 g/mol. The second-order valence-electron chi connectivity index (χ2n) is 15.7. The number of unbranched alkanes of at least 4 members (excludes halogenated alkanes) is 20. The quantitative estimate of drug-likeness (QED) is 0.0234. The van der Waals surface area contributed by atoms with Crippen LogP contribution in [0.5, 0.6) is 0 Å². The molecule has 0 radical (unpaired) electrons. The van der Waals surface area contributed by atoms with E-state index in [1.54, 1.807) is 0 Å². The molecule has 0 bridgehead atoms. The van der Waals surface area contributed by atoms with Crippen LogP contribution in [-0.2, 0) is 32.7 Å². The highest BCUT2D eigenvalue weighted by atomic mass is 31.2. The number of aliphatic hydroxyl groups excluding tert-OH is 2. The van der Waals surface area contributed by atoms with Gasteiger partial charge in [0.15, 0.2) is 0 Å². The third kappa shape index (κ3) is 42.4. The molecule has 0 aliphatic rings. The number of phosphoric ester groups is 1. The Morgan fingerprint density at radius 2 is 0.783 bits per heavy atom. The summed E-state index contributed by atoms with van der Waals surface area (Å²) in [5.41, 5.74) is 0. The van der Waals surface area contributed by atoms with Gasteiger partial charge in [-0.15, -0.1) is 0 Å². The SMILES string of the molecule is CC/C=C\C/C=C\C/C=C\C/C=C\CCCCCCCCC(=O)OC(CO)COP(=O)(O)OCC(CO)OC(=O)CCCCCCCCC/C=C\CCCCCCCCC. The number of hydrogen-bond acceptors (Lipinski definition) is 9. The van der Waals surface area contributed by atoms with Crippen molar-refractivity contribution in [3.63, 3.8) is 0 Å². The van der Waals surface area contributed by atoms with E-state index in [9.17, 15) is 29.3 Å². The zero-order chi connectivity index (χ0) is 44.0. The Morgan fingerprint density at radius 1 is 0.467 bits per heavy atom. The Morgan fingerprint density at radius 3 is 1.15 bits per heavy atom. The third-order valence-electron chi connectivity index (χ3n) is 9.96. The summed E-state index contributed by atoms with van der Waals surface area (Å²) >= 11 is 0. The molecule has 10 nitrogen and oxygen atoms in total. The van der Waals surface area contributed by atoms with Crippen LogP contribution in [-0.4, -0.2) is 65.7 Å². The Hall–Kier alpha value is -2.33. The van der Waals surface area contributed by atoms with Gasteiger partial charge in [-0.2, -0.15) is 0 Å². The van der Waals surface area contributed by atoms with Crippen molar-refractivity contribution in [3.8, 4) is 0 Å². The Balaban J connectivity index is 3.91. The molecule has 0 spiro atoms. The van der Waals surface area contributed by atoms with E-state index in [1.807, 2.05) is 0 Å². The van der Waals surface area contributed by atoms with Crippen LogP contribution >= 0.6 is 7.82 Å². The van der Waals surface area contributed by atoms with E-state index in [4.69, 9.17) is 18.5 Å². The maximum Gasteiger partial charge on any atom is 0.472 e. The van der Waals surface area contributed by atoms with E-state index in [1.165, 1.54) is 70.6 Å². The first-order chi connectivity index (χ1) is 29.3. The number of esters is 2. The molecule has 348 valence electrons. The van der Waals surface area contributed by atoms with Gasteiger partial charge in [0.25, 0.3) is 0 Å². The van der Waals surface area contributed by atoms with Gasteiger partial charge in [0, 0.05) is 12.8 Å². The molecule has 0 fully saturated rings. The van der Waals surface area contributed by atoms with Crippen LogP contribution < -0.4 is 0 Å². The first kappa shape index (κ1) is 57.7.